The van der Waals surface area contributed by atoms with Crippen molar-refractivity contribution in [3.63, 3.8) is 0 Å². The van der Waals surface area contributed by atoms with Gasteiger partial charge in [0.15, 0.2) is 0 Å². The molecule has 0 saturated heterocycles. The Balaban J connectivity index is 2.25. The Bertz CT molecular complexity index is 589. The van der Waals surface area contributed by atoms with Crippen LogP contribution in [-0.2, 0) is 0 Å². The molecule has 0 spiro atoms. The van der Waals surface area contributed by atoms with Crippen molar-refractivity contribution in [1.29, 1.82) is 5.26 Å². The summed E-state index contributed by atoms with van der Waals surface area (Å²) < 4.78 is 0. The fourth-order valence-corrected chi connectivity index (χ4v) is 1.46. The molecule has 0 amide bonds. The van der Waals surface area contributed by atoms with Gasteiger partial charge in [0.05, 0.1) is 0 Å². The number of anilines is 2. The van der Waals surface area contributed by atoms with E-state index in [1.54, 1.807) is 12.1 Å². The number of hydrogen-bond donors (Lipinski definition) is 1. The van der Waals surface area contributed by atoms with E-state index in [2.05, 4.69) is 15.3 Å². The predicted octanol–water partition coefficient (Wildman–Crippen LogP) is 3.05. The number of nitrogens with zero attached hydrogens (tertiary/aromatic N) is 3. The van der Waals surface area contributed by atoms with Gasteiger partial charge in [-0.25, -0.2) is 9.97 Å². The van der Waals surface area contributed by atoms with Gasteiger partial charge in [0.1, 0.15) is 11.8 Å². The first-order chi connectivity index (χ1) is 8.19. The van der Waals surface area contributed by atoms with Gasteiger partial charge in [-0.3, -0.25) is 0 Å². The Morgan fingerprint density at radius 2 is 2.18 bits per heavy atom. The summed E-state index contributed by atoms with van der Waals surface area (Å²) in [7, 11) is 0. The molecule has 0 aliphatic heterocycles. The molecule has 1 aromatic heterocycles. The van der Waals surface area contributed by atoms with Crippen molar-refractivity contribution in [2.24, 2.45) is 0 Å². The second-order valence-electron chi connectivity index (χ2n) is 3.47. The summed E-state index contributed by atoms with van der Waals surface area (Å²) >= 11 is 6.01. The maximum atomic E-state index is 8.72. The Morgan fingerprint density at radius 3 is 2.88 bits per heavy atom. The third kappa shape index (κ3) is 2.71. The zero-order valence-corrected chi connectivity index (χ0v) is 9.86. The summed E-state index contributed by atoms with van der Waals surface area (Å²) in [6.45, 7) is 1.93. The average Bonchev–Trinajstić information content (AvgIpc) is 2.34. The first kappa shape index (κ1) is 11.4. The van der Waals surface area contributed by atoms with Gasteiger partial charge in [-0.1, -0.05) is 17.7 Å². The van der Waals surface area contributed by atoms with Crippen molar-refractivity contribution < 1.29 is 0 Å². The fourth-order valence-electron chi connectivity index (χ4n) is 1.28. The maximum absolute atomic E-state index is 8.72. The largest absolute Gasteiger partial charge is 0.324 e. The number of aromatic nitrogens is 2. The van der Waals surface area contributed by atoms with E-state index >= 15 is 0 Å². The molecule has 1 aromatic carbocycles. The zero-order valence-electron chi connectivity index (χ0n) is 9.11. The predicted molar refractivity (Wildman–Crippen MR) is 66.2 cm³/mol. The van der Waals surface area contributed by atoms with Crippen LogP contribution in [0.2, 0.25) is 5.02 Å². The van der Waals surface area contributed by atoms with Gasteiger partial charge >= 0.3 is 0 Å². The van der Waals surface area contributed by atoms with Gasteiger partial charge < -0.3 is 5.32 Å². The summed E-state index contributed by atoms with van der Waals surface area (Å²) in [6, 6.07) is 9.08. The summed E-state index contributed by atoms with van der Waals surface area (Å²) in [5.74, 6) is 0.379. The van der Waals surface area contributed by atoms with Crippen LogP contribution in [0.4, 0.5) is 11.6 Å². The molecule has 0 aliphatic carbocycles. The van der Waals surface area contributed by atoms with Gasteiger partial charge in [-0.05, 0) is 30.7 Å². The standard InChI is InChI=1S/C12H9ClN4/c1-8-2-3-9(6-11(8)13)16-12-15-5-4-10(7-14)17-12/h2-6H,1H3,(H,15,16,17). The van der Waals surface area contributed by atoms with Crippen molar-refractivity contribution in [1.82, 2.24) is 9.97 Å². The van der Waals surface area contributed by atoms with Crippen LogP contribution in [0, 0.1) is 18.3 Å². The summed E-state index contributed by atoms with van der Waals surface area (Å²) in [6.07, 6.45) is 1.53. The topological polar surface area (TPSA) is 61.6 Å². The zero-order chi connectivity index (χ0) is 12.3. The minimum Gasteiger partial charge on any atom is -0.324 e. The molecule has 0 bridgehead atoms. The summed E-state index contributed by atoms with van der Waals surface area (Å²) in [5, 5.41) is 12.4. The quantitative estimate of drug-likeness (QED) is 0.882. The van der Waals surface area contributed by atoms with E-state index in [0.717, 1.165) is 11.3 Å². The molecule has 1 N–H and O–H groups in total. The number of nitrogens with one attached hydrogen (secondary N) is 1. The molecule has 0 saturated carbocycles. The van der Waals surface area contributed by atoms with E-state index in [1.807, 2.05) is 25.1 Å². The van der Waals surface area contributed by atoms with Crippen molar-refractivity contribution in [3.8, 4) is 6.07 Å². The smallest absolute Gasteiger partial charge is 0.228 e. The van der Waals surface area contributed by atoms with Gasteiger partial charge in [-0.15, -0.1) is 0 Å². The van der Waals surface area contributed by atoms with Gasteiger partial charge in [0.2, 0.25) is 5.95 Å². The van der Waals surface area contributed by atoms with Crippen LogP contribution >= 0.6 is 11.6 Å². The second kappa shape index (κ2) is 4.81. The molecular formula is C12H9ClN4. The first-order valence-electron chi connectivity index (χ1n) is 4.95. The SMILES string of the molecule is Cc1ccc(Nc2nccc(C#N)n2)cc1Cl. The molecule has 2 aromatic rings. The van der Waals surface area contributed by atoms with Crippen LogP contribution in [0.15, 0.2) is 30.5 Å². The van der Waals surface area contributed by atoms with Crippen LogP contribution in [0.25, 0.3) is 0 Å². The van der Waals surface area contributed by atoms with Crippen molar-refractivity contribution in [3.05, 3.63) is 46.7 Å². The average molecular weight is 245 g/mol. The normalized spacial score (nSPS) is 9.71. The number of aryl methyl sites for hydroxylation is 1. The van der Waals surface area contributed by atoms with E-state index in [4.69, 9.17) is 16.9 Å². The maximum Gasteiger partial charge on any atom is 0.228 e. The van der Waals surface area contributed by atoms with Crippen LogP contribution < -0.4 is 5.32 Å². The monoisotopic (exact) mass is 244 g/mol. The van der Waals surface area contributed by atoms with Crippen LogP contribution in [-0.4, -0.2) is 9.97 Å². The van der Waals surface area contributed by atoms with Gasteiger partial charge in [0.25, 0.3) is 0 Å². The van der Waals surface area contributed by atoms with E-state index in [1.165, 1.54) is 6.20 Å². The molecule has 0 aliphatic rings. The highest BCUT2D eigenvalue weighted by molar-refractivity contribution is 6.31. The number of halogens is 1. The molecular weight excluding hydrogens is 236 g/mol. The lowest BCUT2D eigenvalue weighted by molar-refractivity contribution is 1.14. The molecule has 0 unspecified atom stereocenters. The third-order valence-corrected chi connectivity index (χ3v) is 2.61. The number of rotatable bonds is 2. The van der Waals surface area contributed by atoms with Crippen LogP contribution in [0.3, 0.4) is 0 Å². The molecule has 1 heterocycles. The summed E-state index contributed by atoms with van der Waals surface area (Å²) in [5.41, 5.74) is 2.11. The van der Waals surface area contributed by atoms with Crippen LogP contribution in [0.5, 0.6) is 0 Å². The number of nitriles is 1. The minimum atomic E-state index is 0.320. The molecule has 0 fully saturated rings. The lowest BCUT2D eigenvalue weighted by Crippen LogP contribution is -1.98. The molecule has 17 heavy (non-hydrogen) atoms. The Kier molecular flexibility index (Phi) is 3.22. The Hall–Kier alpha value is -2.12. The fraction of sp³-hybridized carbons (Fsp3) is 0.0833. The molecule has 0 radical (unpaired) electrons. The molecule has 2 rings (SSSR count). The van der Waals surface area contributed by atoms with Crippen molar-refractivity contribution in [2.75, 3.05) is 5.32 Å². The van der Waals surface area contributed by atoms with Gasteiger partial charge in [0, 0.05) is 16.9 Å². The van der Waals surface area contributed by atoms with Gasteiger partial charge in [-0.2, -0.15) is 5.26 Å². The molecule has 0 atom stereocenters. The van der Waals surface area contributed by atoms with E-state index in [0.29, 0.717) is 16.7 Å². The highest BCUT2D eigenvalue weighted by Gasteiger charge is 2.01. The number of hydrogen-bond acceptors (Lipinski definition) is 4. The summed E-state index contributed by atoms with van der Waals surface area (Å²) in [4.78, 5) is 8.03. The highest BCUT2D eigenvalue weighted by atomic mass is 35.5. The van der Waals surface area contributed by atoms with Crippen molar-refractivity contribution >= 4 is 23.2 Å². The molecule has 4 nitrogen and oxygen atoms in total. The first-order valence-corrected chi connectivity index (χ1v) is 5.33. The number of benzene rings is 1. The van der Waals surface area contributed by atoms with Crippen molar-refractivity contribution in [2.45, 2.75) is 6.92 Å². The lowest BCUT2D eigenvalue weighted by Gasteiger charge is -2.06. The minimum absolute atomic E-state index is 0.320. The van der Waals surface area contributed by atoms with E-state index in [9.17, 15) is 0 Å². The van der Waals surface area contributed by atoms with Crippen LogP contribution in [0.1, 0.15) is 11.3 Å². The van der Waals surface area contributed by atoms with E-state index in [-0.39, 0.29) is 0 Å². The Labute approximate surface area is 104 Å². The Morgan fingerprint density at radius 1 is 1.35 bits per heavy atom. The lowest BCUT2D eigenvalue weighted by atomic mass is 10.2. The second-order valence-corrected chi connectivity index (χ2v) is 3.87. The van der Waals surface area contributed by atoms with E-state index < -0.39 is 0 Å². The highest BCUT2D eigenvalue weighted by Crippen LogP contribution is 2.21. The molecule has 5 heteroatoms. The third-order valence-electron chi connectivity index (χ3n) is 2.20. The molecule has 84 valence electrons.